The van der Waals surface area contributed by atoms with Gasteiger partial charge in [0.15, 0.2) is 11.6 Å². The van der Waals surface area contributed by atoms with Crippen molar-refractivity contribution in [3.05, 3.63) is 50.4 Å². The van der Waals surface area contributed by atoms with E-state index in [1.54, 1.807) is 23.5 Å². The van der Waals surface area contributed by atoms with Gasteiger partial charge in [-0.15, -0.1) is 11.3 Å². The average molecular weight is 316 g/mol. The second-order valence-electron chi connectivity index (χ2n) is 3.51. The second kappa shape index (κ2) is 5.16. The molecular formula is C12H11BrFNOS. The average Bonchev–Trinajstić information content (AvgIpc) is 2.75. The molecule has 1 heterocycles. The van der Waals surface area contributed by atoms with Gasteiger partial charge in [0.05, 0.1) is 16.9 Å². The van der Waals surface area contributed by atoms with Crippen LogP contribution in [-0.4, -0.2) is 7.11 Å². The maximum absolute atomic E-state index is 13.5. The lowest BCUT2D eigenvalue weighted by Crippen LogP contribution is -2.10. The predicted molar refractivity (Wildman–Crippen MR) is 71.0 cm³/mol. The first-order valence-corrected chi connectivity index (χ1v) is 6.57. The number of hydrogen-bond acceptors (Lipinski definition) is 3. The summed E-state index contributed by atoms with van der Waals surface area (Å²) in [5.74, 6) is -0.163. The number of thiophene rings is 1. The third-order valence-corrected chi connectivity index (χ3v) is 4.14. The van der Waals surface area contributed by atoms with Crippen LogP contribution in [0.25, 0.3) is 0 Å². The number of hydrogen-bond donors (Lipinski definition) is 1. The lowest BCUT2D eigenvalue weighted by Gasteiger charge is -2.11. The molecule has 17 heavy (non-hydrogen) atoms. The van der Waals surface area contributed by atoms with E-state index in [1.165, 1.54) is 13.2 Å². The fourth-order valence-corrected chi connectivity index (χ4v) is 2.99. The molecule has 2 rings (SSSR count). The molecule has 2 aromatic rings. The van der Waals surface area contributed by atoms with E-state index in [9.17, 15) is 4.39 Å². The molecule has 0 saturated heterocycles. The van der Waals surface area contributed by atoms with Gasteiger partial charge in [-0.2, -0.15) is 0 Å². The van der Waals surface area contributed by atoms with Crippen molar-refractivity contribution in [2.75, 3.05) is 7.11 Å². The van der Waals surface area contributed by atoms with Gasteiger partial charge in [-0.1, -0.05) is 6.07 Å². The molecule has 1 atom stereocenters. The van der Waals surface area contributed by atoms with Crippen LogP contribution in [0.2, 0.25) is 0 Å². The molecule has 0 aliphatic rings. The lowest BCUT2D eigenvalue weighted by atomic mass is 10.1. The van der Waals surface area contributed by atoms with E-state index in [1.807, 2.05) is 12.1 Å². The van der Waals surface area contributed by atoms with Crippen LogP contribution in [0.1, 0.15) is 16.5 Å². The van der Waals surface area contributed by atoms with Gasteiger partial charge in [0, 0.05) is 4.88 Å². The molecule has 2 N–H and O–H groups in total. The van der Waals surface area contributed by atoms with Gasteiger partial charge in [-0.05, 0) is 45.8 Å². The molecule has 0 aliphatic carbocycles. The summed E-state index contributed by atoms with van der Waals surface area (Å²) in [6.07, 6.45) is 0. The Hall–Kier alpha value is -0.910. The van der Waals surface area contributed by atoms with Crippen LogP contribution >= 0.6 is 27.3 Å². The number of ether oxygens (including phenoxy) is 1. The second-order valence-corrected chi connectivity index (χ2v) is 6.01. The fourth-order valence-electron chi connectivity index (χ4n) is 1.54. The van der Waals surface area contributed by atoms with E-state index < -0.39 is 5.82 Å². The van der Waals surface area contributed by atoms with Gasteiger partial charge in [0.2, 0.25) is 0 Å². The first-order chi connectivity index (χ1) is 8.11. The van der Waals surface area contributed by atoms with Crippen molar-refractivity contribution < 1.29 is 9.13 Å². The summed E-state index contributed by atoms with van der Waals surface area (Å²) >= 11 is 4.92. The molecule has 90 valence electrons. The highest BCUT2D eigenvalue weighted by Crippen LogP contribution is 2.31. The first-order valence-electron chi connectivity index (χ1n) is 4.96. The smallest absolute Gasteiger partial charge is 0.165 e. The third-order valence-electron chi connectivity index (χ3n) is 2.44. The van der Waals surface area contributed by atoms with Crippen LogP contribution in [0.5, 0.6) is 5.75 Å². The van der Waals surface area contributed by atoms with Crippen LogP contribution < -0.4 is 10.5 Å². The van der Waals surface area contributed by atoms with Gasteiger partial charge in [-0.3, -0.25) is 0 Å². The summed E-state index contributed by atoms with van der Waals surface area (Å²) < 4.78 is 19.4. The van der Waals surface area contributed by atoms with Crippen LogP contribution in [0, 0.1) is 5.82 Å². The number of benzene rings is 1. The van der Waals surface area contributed by atoms with Gasteiger partial charge < -0.3 is 10.5 Å². The molecule has 0 aliphatic heterocycles. The van der Waals surface area contributed by atoms with E-state index in [2.05, 4.69) is 15.9 Å². The topological polar surface area (TPSA) is 35.2 Å². The Morgan fingerprint density at radius 3 is 2.65 bits per heavy atom. The molecule has 0 amide bonds. The zero-order valence-corrected chi connectivity index (χ0v) is 11.5. The molecular weight excluding hydrogens is 305 g/mol. The number of methoxy groups -OCH3 is 1. The summed E-state index contributed by atoms with van der Waals surface area (Å²) in [6, 6.07) is 8.33. The standard InChI is InChI=1S/C12H11BrFNOS/c1-16-9-3-2-7(6-8(9)14)12(15)10-4-5-11(13)17-10/h2-6,12H,15H2,1H3. The summed E-state index contributed by atoms with van der Waals surface area (Å²) in [5.41, 5.74) is 6.81. The predicted octanol–water partition coefficient (Wildman–Crippen LogP) is 3.71. The monoisotopic (exact) mass is 315 g/mol. The fraction of sp³-hybridized carbons (Fsp3) is 0.167. The van der Waals surface area contributed by atoms with Crippen LogP contribution in [0.15, 0.2) is 34.1 Å². The van der Waals surface area contributed by atoms with Crippen molar-refractivity contribution in [1.82, 2.24) is 0 Å². The molecule has 0 fully saturated rings. The van der Waals surface area contributed by atoms with Crippen molar-refractivity contribution in [3.63, 3.8) is 0 Å². The van der Waals surface area contributed by atoms with Crippen LogP contribution in [0.3, 0.4) is 0 Å². The van der Waals surface area contributed by atoms with Gasteiger partial charge in [0.25, 0.3) is 0 Å². The molecule has 0 radical (unpaired) electrons. The summed E-state index contributed by atoms with van der Waals surface area (Å²) in [5, 5.41) is 0. The van der Waals surface area contributed by atoms with Gasteiger partial charge >= 0.3 is 0 Å². The Balaban J connectivity index is 2.31. The van der Waals surface area contributed by atoms with E-state index in [-0.39, 0.29) is 11.8 Å². The van der Waals surface area contributed by atoms with Crippen LogP contribution in [-0.2, 0) is 0 Å². The number of rotatable bonds is 3. The molecule has 1 aromatic heterocycles. The number of halogens is 2. The summed E-state index contributed by atoms with van der Waals surface area (Å²) in [4.78, 5) is 0.987. The van der Waals surface area contributed by atoms with Crippen molar-refractivity contribution >= 4 is 27.3 Å². The molecule has 1 unspecified atom stereocenters. The summed E-state index contributed by atoms with van der Waals surface area (Å²) in [6.45, 7) is 0. The zero-order chi connectivity index (χ0) is 12.4. The van der Waals surface area contributed by atoms with Crippen molar-refractivity contribution in [3.8, 4) is 5.75 Å². The molecule has 2 nitrogen and oxygen atoms in total. The Kier molecular flexibility index (Phi) is 3.81. The zero-order valence-electron chi connectivity index (χ0n) is 9.11. The minimum Gasteiger partial charge on any atom is -0.494 e. The van der Waals surface area contributed by atoms with E-state index in [0.717, 1.165) is 14.2 Å². The van der Waals surface area contributed by atoms with Crippen molar-refractivity contribution in [2.45, 2.75) is 6.04 Å². The molecule has 0 saturated carbocycles. The number of nitrogens with two attached hydrogens (primary N) is 1. The molecule has 5 heteroatoms. The van der Waals surface area contributed by atoms with Crippen LogP contribution in [0.4, 0.5) is 4.39 Å². The van der Waals surface area contributed by atoms with E-state index in [4.69, 9.17) is 10.5 Å². The third kappa shape index (κ3) is 2.68. The summed E-state index contributed by atoms with van der Waals surface area (Å²) in [7, 11) is 1.44. The van der Waals surface area contributed by atoms with E-state index in [0.29, 0.717) is 0 Å². The van der Waals surface area contributed by atoms with E-state index >= 15 is 0 Å². The van der Waals surface area contributed by atoms with Crippen molar-refractivity contribution in [2.24, 2.45) is 5.73 Å². The lowest BCUT2D eigenvalue weighted by molar-refractivity contribution is 0.386. The highest BCUT2D eigenvalue weighted by atomic mass is 79.9. The van der Waals surface area contributed by atoms with Crippen molar-refractivity contribution in [1.29, 1.82) is 0 Å². The Labute approximate surface area is 111 Å². The molecule has 0 spiro atoms. The Morgan fingerprint density at radius 1 is 1.35 bits per heavy atom. The highest BCUT2D eigenvalue weighted by molar-refractivity contribution is 9.11. The largest absolute Gasteiger partial charge is 0.494 e. The minimum absolute atomic E-state index is 0.230. The first kappa shape index (κ1) is 12.5. The highest BCUT2D eigenvalue weighted by Gasteiger charge is 2.13. The quantitative estimate of drug-likeness (QED) is 0.937. The molecule has 1 aromatic carbocycles. The van der Waals surface area contributed by atoms with Gasteiger partial charge in [0.1, 0.15) is 0 Å². The SMILES string of the molecule is COc1ccc(C(N)c2ccc(Br)s2)cc1F. The minimum atomic E-state index is -0.393. The Bertz CT molecular complexity index is 529. The maximum atomic E-state index is 13.5. The van der Waals surface area contributed by atoms with Gasteiger partial charge in [-0.25, -0.2) is 4.39 Å². The normalized spacial score (nSPS) is 12.5. The molecule has 0 bridgehead atoms. The maximum Gasteiger partial charge on any atom is 0.165 e. The Morgan fingerprint density at radius 2 is 2.12 bits per heavy atom.